The fraction of sp³-hybridized carbons (Fsp3) is 0.636. The third-order valence-electron chi connectivity index (χ3n) is 2.40. The molecule has 0 bridgehead atoms. The summed E-state index contributed by atoms with van der Waals surface area (Å²) in [5, 5.41) is 8.44. The van der Waals surface area contributed by atoms with Gasteiger partial charge in [-0.15, -0.1) is 0 Å². The third-order valence-corrected chi connectivity index (χ3v) is 2.40. The van der Waals surface area contributed by atoms with Gasteiger partial charge in [0.2, 0.25) is 0 Å². The van der Waals surface area contributed by atoms with Crippen LogP contribution in [0.5, 0.6) is 0 Å². The molecule has 1 heterocycles. The zero-order chi connectivity index (χ0) is 11.1. The second-order valence-electron chi connectivity index (χ2n) is 3.67. The van der Waals surface area contributed by atoms with Gasteiger partial charge in [-0.3, -0.25) is 4.79 Å². The van der Waals surface area contributed by atoms with Crippen LogP contribution in [0, 0.1) is 13.1 Å². The zero-order valence-electron chi connectivity index (χ0n) is 9.07. The lowest BCUT2D eigenvalue weighted by Crippen LogP contribution is -1.99. The van der Waals surface area contributed by atoms with Crippen molar-refractivity contribution in [3.63, 3.8) is 0 Å². The average molecular weight is 209 g/mol. The van der Waals surface area contributed by atoms with Gasteiger partial charge in [0.05, 0.1) is 0 Å². The van der Waals surface area contributed by atoms with E-state index in [0.717, 1.165) is 38.1 Å². The summed E-state index contributed by atoms with van der Waals surface area (Å²) in [6.07, 6.45) is 8.86. The monoisotopic (exact) mass is 209 g/mol. The lowest BCUT2D eigenvalue weighted by atomic mass is 10.1. The Kier molecular flexibility index (Phi) is 4.87. The molecule has 1 rings (SSSR count). The average Bonchev–Trinajstić information content (AvgIpc) is 2.57. The van der Waals surface area contributed by atoms with E-state index in [2.05, 4.69) is 15.7 Å². The van der Waals surface area contributed by atoms with Gasteiger partial charge in [-0.1, -0.05) is 12.8 Å². The molecule has 0 aliphatic rings. The summed E-state index contributed by atoms with van der Waals surface area (Å²) in [4.78, 5) is 14.3. The number of carboxylic acids is 1. The Bertz CT molecular complexity index is 307. The molecule has 1 radical (unpaired) electrons. The largest absolute Gasteiger partial charge is 0.481 e. The summed E-state index contributed by atoms with van der Waals surface area (Å²) in [5.41, 5.74) is 0. The van der Waals surface area contributed by atoms with E-state index in [0.29, 0.717) is 0 Å². The van der Waals surface area contributed by atoms with E-state index in [1.54, 1.807) is 0 Å². The number of unbranched alkanes of at least 4 members (excludes halogenated alkanes) is 3. The summed E-state index contributed by atoms with van der Waals surface area (Å²) < 4.78 is 2.07. The maximum Gasteiger partial charge on any atom is 0.303 e. The molecule has 0 unspecified atom stereocenters. The van der Waals surface area contributed by atoms with E-state index in [9.17, 15) is 4.79 Å². The Balaban J connectivity index is 2.03. The maximum atomic E-state index is 10.2. The number of aromatic nitrogens is 2. The Morgan fingerprint density at radius 1 is 1.47 bits per heavy atom. The van der Waals surface area contributed by atoms with E-state index in [-0.39, 0.29) is 6.42 Å². The van der Waals surface area contributed by atoms with E-state index in [1.165, 1.54) is 0 Å². The minimum atomic E-state index is -0.699. The van der Waals surface area contributed by atoms with Crippen LogP contribution in [0.15, 0.2) is 6.20 Å². The molecule has 0 atom stereocenters. The minimum absolute atomic E-state index is 0.290. The van der Waals surface area contributed by atoms with Crippen molar-refractivity contribution < 1.29 is 9.90 Å². The van der Waals surface area contributed by atoms with E-state index in [1.807, 2.05) is 13.1 Å². The van der Waals surface area contributed by atoms with Crippen molar-refractivity contribution in [1.29, 1.82) is 0 Å². The van der Waals surface area contributed by atoms with Gasteiger partial charge in [0.15, 0.2) is 0 Å². The number of carbonyl (C=O) groups is 1. The number of hydrogen-bond donors (Lipinski definition) is 1. The highest BCUT2D eigenvalue weighted by Gasteiger charge is 1.98. The molecule has 0 aliphatic carbocycles. The Morgan fingerprint density at radius 3 is 2.80 bits per heavy atom. The van der Waals surface area contributed by atoms with Crippen molar-refractivity contribution in [2.75, 3.05) is 0 Å². The molecule has 4 nitrogen and oxygen atoms in total. The van der Waals surface area contributed by atoms with Crippen LogP contribution in [0.25, 0.3) is 0 Å². The molecule has 1 aromatic rings. The molecule has 1 N–H and O–H groups in total. The lowest BCUT2D eigenvalue weighted by Gasteiger charge is -2.03. The molecule has 0 saturated heterocycles. The highest BCUT2D eigenvalue weighted by atomic mass is 16.4. The zero-order valence-corrected chi connectivity index (χ0v) is 9.07. The number of aliphatic carboxylic acids is 1. The van der Waals surface area contributed by atoms with Crippen molar-refractivity contribution in [1.82, 2.24) is 9.55 Å². The normalized spacial score (nSPS) is 10.5. The predicted octanol–water partition coefficient (Wildman–Crippen LogP) is 2.03. The highest BCUT2D eigenvalue weighted by molar-refractivity contribution is 5.66. The van der Waals surface area contributed by atoms with Crippen LogP contribution < -0.4 is 0 Å². The van der Waals surface area contributed by atoms with Gasteiger partial charge in [0.1, 0.15) is 12.0 Å². The van der Waals surface area contributed by atoms with E-state index >= 15 is 0 Å². The molecular formula is C11H17N2O2. The molecule has 1 aromatic heterocycles. The molecule has 4 heteroatoms. The fourth-order valence-electron chi connectivity index (χ4n) is 1.49. The van der Waals surface area contributed by atoms with Crippen LogP contribution in [0.4, 0.5) is 0 Å². The first-order valence-corrected chi connectivity index (χ1v) is 5.32. The van der Waals surface area contributed by atoms with Gasteiger partial charge < -0.3 is 9.67 Å². The topological polar surface area (TPSA) is 55.1 Å². The van der Waals surface area contributed by atoms with Crippen molar-refractivity contribution in [2.24, 2.45) is 0 Å². The van der Waals surface area contributed by atoms with Crippen LogP contribution in [0.1, 0.15) is 37.9 Å². The summed E-state index contributed by atoms with van der Waals surface area (Å²) in [6, 6.07) is 0. The van der Waals surface area contributed by atoms with Gasteiger partial charge in [-0.2, -0.15) is 0 Å². The number of hydrogen-bond acceptors (Lipinski definition) is 2. The lowest BCUT2D eigenvalue weighted by molar-refractivity contribution is -0.137. The summed E-state index contributed by atoms with van der Waals surface area (Å²) >= 11 is 0. The molecule has 0 saturated carbocycles. The molecule has 0 aromatic carbocycles. The van der Waals surface area contributed by atoms with Gasteiger partial charge in [-0.05, 0) is 19.8 Å². The second-order valence-corrected chi connectivity index (χ2v) is 3.67. The highest BCUT2D eigenvalue weighted by Crippen LogP contribution is 2.05. The SMILES string of the molecule is Cc1n[c]cn1CCCCCCC(=O)O. The smallest absolute Gasteiger partial charge is 0.303 e. The summed E-state index contributed by atoms with van der Waals surface area (Å²) in [6.45, 7) is 2.91. The van der Waals surface area contributed by atoms with Gasteiger partial charge in [0.25, 0.3) is 0 Å². The summed E-state index contributed by atoms with van der Waals surface area (Å²) in [7, 11) is 0. The maximum absolute atomic E-state index is 10.2. The number of nitrogens with zero attached hydrogens (tertiary/aromatic N) is 2. The van der Waals surface area contributed by atoms with Crippen LogP contribution >= 0.6 is 0 Å². The van der Waals surface area contributed by atoms with Gasteiger partial charge >= 0.3 is 5.97 Å². The standard InChI is InChI=1S/C11H17N2O2/c1-10-12-7-9-13(10)8-5-3-2-4-6-11(14)15/h9H,2-6,8H2,1H3,(H,14,15). The van der Waals surface area contributed by atoms with Gasteiger partial charge in [-0.25, -0.2) is 4.98 Å². The fourth-order valence-corrected chi connectivity index (χ4v) is 1.49. The van der Waals surface area contributed by atoms with Crippen LogP contribution in [-0.4, -0.2) is 20.6 Å². The second kappa shape index (κ2) is 6.22. The first-order chi connectivity index (χ1) is 7.20. The summed E-state index contributed by atoms with van der Waals surface area (Å²) in [5.74, 6) is 0.288. The minimum Gasteiger partial charge on any atom is -0.481 e. The van der Waals surface area contributed by atoms with Crippen molar-refractivity contribution >= 4 is 5.97 Å². The molecule has 0 amide bonds. The number of aryl methyl sites for hydroxylation is 2. The van der Waals surface area contributed by atoms with E-state index in [4.69, 9.17) is 5.11 Å². The molecular weight excluding hydrogens is 192 g/mol. The van der Waals surface area contributed by atoms with Crippen LogP contribution in [0.3, 0.4) is 0 Å². The van der Waals surface area contributed by atoms with Crippen LogP contribution in [-0.2, 0) is 11.3 Å². The predicted molar refractivity (Wildman–Crippen MR) is 56.5 cm³/mol. The first-order valence-electron chi connectivity index (χ1n) is 5.32. The van der Waals surface area contributed by atoms with Crippen LogP contribution in [0.2, 0.25) is 0 Å². The Labute approximate surface area is 89.9 Å². The molecule has 0 spiro atoms. The quantitative estimate of drug-likeness (QED) is 0.699. The first kappa shape index (κ1) is 11.8. The third kappa shape index (κ3) is 4.63. The molecule has 15 heavy (non-hydrogen) atoms. The van der Waals surface area contributed by atoms with Crippen molar-refractivity contribution in [2.45, 2.75) is 45.6 Å². The van der Waals surface area contributed by atoms with E-state index < -0.39 is 5.97 Å². The van der Waals surface area contributed by atoms with Crippen molar-refractivity contribution in [3.8, 4) is 0 Å². The van der Waals surface area contributed by atoms with Gasteiger partial charge in [0, 0.05) is 19.2 Å². The number of rotatable bonds is 7. The number of imidazole rings is 1. The molecule has 83 valence electrons. The Morgan fingerprint density at radius 2 is 2.20 bits per heavy atom. The molecule has 0 fully saturated rings. The number of carboxylic acid groups (broad SMARTS) is 1. The molecule has 0 aliphatic heterocycles. The van der Waals surface area contributed by atoms with Crippen molar-refractivity contribution in [3.05, 3.63) is 18.2 Å². The Hall–Kier alpha value is -1.32.